The first-order chi connectivity index (χ1) is 10.1. The van der Waals surface area contributed by atoms with Crippen LogP contribution in [0.25, 0.3) is 0 Å². The molecule has 6 heteroatoms. The number of aromatic nitrogens is 1. The number of benzene rings is 1. The lowest BCUT2D eigenvalue weighted by molar-refractivity contribution is 0.0954. The zero-order valence-electron chi connectivity index (χ0n) is 12.0. The largest absolute Gasteiger partial charge is 0.350 e. The van der Waals surface area contributed by atoms with Crippen molar-refractivity contribution in [1.29, 1.82) is 0 Å². The highest BCUT2D eigenvalue weighted by atomic mass is 32.1. The van der Waals surface area contributed by atoms with E-state index >= 15 is 0 Å². The molecule has 2 aromatic rings. The third-order valence-electron chi connectivity index (χ3n) is 3.11. The lowest BCUT2D eigenvalue weighted by Gasteiger charge is -2.10. The molecule has 0 radical (unpaired) electrons. The summed E-state index contributed by atoms with van der Waals surface area (Å²) in [5, 5.41) is 6.75. The van der Waals surface area contributed by atoms with E-state index in [1.165, 1.54) is 23.5 Å². The molecule has 112 valence electrons. The Hall–Kier alpha value is -1.79. The Morgan fingerprint density at radius 2 is 2.10 bits per heavy atom. The molecule has 21 heavy (non-hydrogen) atoms. The van der Waals surface area contributed by atoms with Gasteiger partial charge in [0.15, 0.2) is 0 Å². The van der Waals surface area contributed by atoms with Gasteiger partial charge in [0.25, 0.3) is 5.91 Å². The standard InChI is InChI=1S/C15H18FN3OS/c1-10(17-2)8-19-15(20)13-9-18-14(21-13)7-11-3-5-12(16)6-4-11/h3-6,9-10,17H,7-8H2,1-2H3,(H,19,20). The van der Waals surface area contributed by atoms with E-state index in [0.717, 1.165) is 10.6 Å². The number of hydrogen-bond donors (Lipinski definition) is 2. The number of amides is 1. The van der Waals surface area contributed by atoms with Crippen LogP contribution in [0.1, 0.15) is 27.2 Å². The number of hydrogen-bond acceptors (Lipinski definition) is 4. The van der Waals surface area contributed by atoms with Gasteiger partial charge >= 0.3 is 0 Å². The molecule has 0 saturated carbocycles. The van der Waals surface area contributed by atoms with Crippen molar-refractivity contribution in [2.24, 2.45) is 0 Å². The van der Waals surface area contributed by atoms with Gasteiger partial charge in [0.1, 0.15) is 10.7 Å². The summed E-state index contributed by atoms with van der Waals surface area (Å²) in [6.07, 6.45) is 2.19. The van der Waals surface area contributed by atoms with Crippen LogP contribution >= 0.6 is 11.3 Å². The highest BCUT2D eigenvalue weighted by molar-refractivity contribution is 7.13. The molecule has 1 aromatic heterocycles. The third-order valence-corrected chi connectivity index (χ3v) is 4.10. The van der Waals surface area contributed by atoms with E-state index in [2.05, 4.69) is 15.6 Å². The summed E-state index contributed by atoms with van der Waals surface area (Å²) in [4.78, 5) is 16.8. The molecule has 4 nitrogen and oxygen atoms in total. The quantitative estimate of drug-likeness (QED) is 0.860. The van der Waals surface area contributed by atoms with Crippen molar-refractivity contribution in [3.8, 4) is 0 Å². The van der Waals surface area contributed by atoms with E-state index in [-0.39, 0.29) is 17.8 Å². The summed E-state index contributed by atoms with van der Waals surface area (Å²) < 4.78 is 12.8. The molecule has 0 aliphatic heterocycles. The zero-order valence-corrected chi connectivity index (χ0v) is 12.8. The smallest absolute Gasteiger partial charge is 0.263 e. The number of likely N-dealkylation sites (N-methyl/N-ethyl adjacent to an activating group) is 1. The van der Waals surface area contributed by atoms with Gasteiger partial charge in [0, 0.05) is 19.0 Å². The minimum Gasteiger partial charge on any atom is -0.350 e. The average molecular weight is 307 g/mol. The van der Waals surface area contributed by atoms with Crippen molar-refractivity contribution in [2.45, 2.75) is 19.4 Å². The molecule has 1 aromatic carbocycles. The Balaban J connectivity index is 1.94. The van der Waals surface area contributed by atoms with Gasteiger partial charge in [-0.25, -0.2) is 9.37 Å². The second-order valence-corrected chi connectivity index (χ2v) is 5.94. The maximum Gasteiger partial charge on any atom is 0.263 e. The van der Waals surface area contributed by atoms with Crippen LogP contribution in [0, 0.1) is 5.82 Å². The summed E-state index contributed by atoms with van der Waals surface area (Å²) in [6, 6.07) is 6.53. The van der Waals surface area contributed by atoms with E-state index in [0.29, 0.717) is 17.8 Å². The molecule has 1 atom stereocenters. The van der Waals surface area contributed by atoms with Gasteiger partial charge in [-0.2, -0.15) is 0 Å². The monoisotopic (exact) mass is 307 g/mol. The number of nitrogens with zero attached hydrogens (tertiary/aromatic N) is 1. The maximum atomic E-state index is 12.8. The van der Waals surface area contributed by atoms with Crippen molar-refractivity contribution >= 4 is 17.2 Å². The zero-order chi connectivity index (χ0) is 15.2. The van der Waals surface area contributed by atoms with Gasteiger partial charge in [-0.15, -0.1) is 11.3 Å². The van der Waals surface area contributed by atoms with Crippen molar-refractivity contribution in [3.63, 3.8) is 0 Å². The van der Waals surface area contributed by atoms with Crippen molar-refractivity contribution < 1.29 is 9.18 Å². The lowest BCUT2D eigenvalue weighted by Crippen LogP contribution is -2.36. The SMILES string of the molecule is CNC(C)CNC(=O)c1cnc(Cc2ccc(F)cc2)s1. The highest BCUT2D eigenvalue weighted by Crippen LogP contribution is 2.17. The Morgan fingerprint density at radius 1 is 1.38 bits per heavy atom. The molecule has 0 aliphatic rings. The van der Waals surface area contributed by atoms with E-state index < -0.39 is 0 Å². The topological polar surface area (TPSA) is 54.0 Å². The molecule has 0 bridgehead atoms. The molecule has 0 spiro atoms. The van der Waals surface area contributed by atoms with E-state index in [1.807, 2.05) is 14.0 Å². The third kappa shape index (κ3) is 4.61. The highest BCUT2D eigenvalue weighted by Gasteiger charge is 2.11. The first kappa shape index (κ1) is 15.6. The molecular weight excluding hydrogens is 289 g/mol. The van der Waals surface area contributed by atoms with Crippen LogP contribution < -0.4 is 10.6 Å². The predicted molar refractivity (Wildman–Crippen MR) is 82.2 cm³/mol. The van der Waals surface area contributed by atoms with E-state index in [9.17, 15) is 9.18 Å². The van der Waals surface area contributed by atoms with Crippen LogP contribution in [0.4, 0.5) is 4.39 Å². The lowest BCUT2D eigenvalue weighted by atomic mass is 10.2. The summed E-state index contributed by atoms with van der Waals surface area (Å²) in [5.41, 5.74) is 0.974. The molecule has 1 heterocycles. The minimum atomic E-state index is -0.253. The second kappa shape index (κ2) is 7.28. The second-order valence-electron chi connectivity index (χ2n) is 4.82. The molecule has 2 N–H and O–H groups in total. The number of halogens is 1. The Bertz CT molecular complexity index is 597. The molecule has 0 aliphatic carbocycles. The van der Waals surface area contributed by atoms with Crippen LogP contribution in [0.5, 0.6) is 0 Å². The van der Waals surface area contributed by atoms with Crippen molar-refractivity contribution in [2.75, 3.05) is 13.6 Å². The summed E-state index contributed by atoms with van der Waals surface area (Å²) in [6.45, 7) is 2.56. The number of carbonyl (C=O) groups is 1. The molecule has 1 amide bonds. The van der Waals surface area contributed by atoms with Crippen molar-refractivity contribution in [1.82, 2.24) is 15.6 Å². The fourth-order valence-electron chi connectivity index (χ4n) is 1.71. The van der Waals surface area contributed by atoms with Crippen LogP contribution in [-0.2, 0) is 6.42 Å². The number of thiazole rings is 1. The summed E-state index contributed by atoms with van der Waals surface area (Å²) >= 11 is 1.36. The molecular formula is C15H18FN3OS. The normalized spacial score (nSPS) is 12.1. The van der Waals surface area contributed by atoms with Crippen molar-refractivity contribution in [3.05, 3.63) is 51.7 Å². The van der Waals surface area contributed by atoms with Crippen LogP contribution in [0.15, 0.2) is 30.5 Å². The number of carbonyl (C=O) groups excluding carboxylic acids is 1. The molecule has 0 saturated heterocycles. The molecule has 2 rings (SSSR count). The van der Waals surface area contributed by atoms with Gasteiger partial charge in [0.05, 0.1) is 11.2 Å². The number of nitrogens with one attached hydrogen (secondary N) is 2. The van der Waals surface area contributed by atoms with Crippen LogP contribution in [-0.4, -0.2) is 30.5 Å². The van der Waals surface area contributed by atoms with Gasteiger partial charge in [-0.1, -0.05) is 12.1 Å². The Labute approximate surface area is 127 Å². The molecule has 0 fully saturated rings. The van der Waals surface area contributed by atoms with E-state index in [4.69, 9.17) is 0 Å². The first-order valence-corrected chi connectivity index (χ1v) is 7.54. The van der Waals surface area contributed by atoms with Gasteiger partial charge in [0.2, 0.25) is 0 Å². The number of rotatable bonds is 6. The summed E-state index contributed by atoms with van der Waals surface area (Å²) in [7, 11) is 1.85. The predicted octanol–water partition coefficient (Wildman–Crippen LogP) is 2.21. The maximum absolute atomic E-state index is 12.8. The summed E-state index contributed by atoms with van der Waals surface area (Å²) in [5.74, 6) is -0.364. The van der Waals surface area contributed by atoms with Gasteiger partial charge in [-0.05, 0) is 31.7 Å². The van der Waals surface area contributed by atoms with Crippen LogP contribution in [0.2, 0.25) is 0 Å². The average Bonchev–Trinajstić information content (AvgIpc) is 2.95. The fraction of sp³-hybridized carbons (Fsp3) is 0.333. The Kier molecular flexibility index (Phi) is 5.41. The Morgan fingerprint density at radius 3 is 2.76 bits per heavy atom. The minimum absolute atomic E-state index is 0.111. The first-order valence-electron chi connectivity index (χ1n) is 6.73. The van der Waals surface area contributed by atoms with Crippen LogP contribution in [0.3, 0.4) is 0 Å². The van der Waals surface area contributed by atoms with Gasteiger partial charge < -0.3 is 10.6 Å². The fourth-order valence-corrected chi connectivity index (χ4v) is 2.58. The van der Waals surface area contributed by atoms with Gasteiger partial charge in [-0.3, -0.25) is 4.79 Å². The molecule has 1 unspecified atom stereocenters. The van der Waals surface area contributed by atoms with E-state index in [1.54, 1.807) is 18.3 Å².